The zero-order chi connectivity index (χ0) is 10.7. The molecule has 0 amide bonds. The molecule has 0 aromatic carbocycles. The summed E-state index contributed by atoms with van der Waals surface area (Å²) >= 11 is 7.34. The van der Waals surface area contributed by atoms with Crippen LogP contribution in [0.15, 0.2) is 27.5 Å². The van der Waals surface area contributed by atoms with E-state index in [9.17, 15) is 0 Å². The number of alkyl halides is 1. The summed E-state index contributed by atoms with van der Waals surface area (Å²) < 4.78 is 5.30. The van der Waals surface area contributed by atoms with Crippen molar-refractivity contribution in [1.29, 1.82) is 0 Å². The Morgan fingerprint density at radius 2 is 2.47 bits per heavy atom. The predicted octanol–water partition coefficient (Wildman–Crippen LogP) is 3.11. The van der Waals surface area contributed by atoms with Gasteiger partial charge >= 0.3 is 0 Å². The fraction of sp³-hybridized carbons (Fsp3) is 0.300. The van der Waals surface area contributed by atoms with Crippen molar-refractivity contribution in [3.05, 3.63) is 34.3 Å². The van der Waals surface area contributed by atoms with Crippen molar-refractivity contribution in [2.45, 2.75) is 12.4 Å². The Labute approximate surface area is 97.3 Å². The monoisotopic (exact) mass is 242 g/mol. The van der Waals surface area contributed by atoms with Gasteiger partial charge in [-0.25, -0.2) is 0 Å². The van der Waals surface area contributed by atoms with Gasteiger partial charge in [-0.15, -0.1) is 11.6 Å². The third-order valence-electron chi connectivity index (χ3n) is 2.00. The number of hydrogen-bond acceptors (Lipinski definition) is 4. The van der Waals surface area contributed by atoms with Gasteiger partial charge in [-0.3, -0.25) is 0 Å². The molecule has 0 saturated carbocycles. The molecule has 2 aromatic heterocycles. The van der Waals surface area contributed by atoms with Crippen molar-refractivity contribution >= 4 is 29.0 Å². The first-order valence-electron chi connectivity index (χ1n) is 4.52. The van der Waals surface area contributed by atoms with Crippen molar-refractivity contribution in [1.82, 2.24) is 4.98 Å². The van der Waals surface area contributed by atoms with E-state index >= 15 is 0 Å². The Morgan fingerprint density at radius 1 is 1.60 bits per heavy atom. The number of rotatable bonds is 4. The molecule has 80 valence electrons. The molecule has 0 saturated heterocycles. The van der Waals surface area contributed by atoms with Crippen molar-refractivity contribution < 1.29 is 4.42 Å². The summed E-state index contributed by atoms with van der Waals surface area (Å²) in [7, 11) is 1.95. The Bertz CT molecular complexity index is 413. The van der Waals surface area contributed by atoms with Crippen LogP contribution in [0.5, 0.6) is 0 Å². The number of aromatic nitrogens is 1. The Balaban J connectivity index is 2.04. The molecule has 5 heteroatoms. The van der Waals surface area contributed by atoms with E-state index in [2.05, 4.69) is 21.8 Å². The summed E-state index contributed by atoms with van der Waals surface area (Å²) in [5.41, 5.74) is 2.02. The molecular formula is C10H11ClN2OS. The number of oxazole rings is 1. The van der Waals surface area contributed by atoms with Gasteiger partial charge in [0.15, 0.2) is 0 Å². The summed E-state index contributed by atoms with van der Waals surface area (Å²) in [5.74, 6) is 0.385. The molecule has 2 heterocycles. The molecule has 2 aromatic rings. The van der Waals surface area contributed by atoms with Crippen LogP contribution in [-0.4, -0.2) is 12.0 Å². The first-order chi connectivity index (χ1) is 7.29. The Morgan fingerprint density at radius 3 is 3.07 bits per heavy atom. The molecule has 0 unspecified atom stereocenters. The average Bonchev–Trinajstić information content (AvgIpc) is 2.86. The van der Waals surface area contributed by atoms with Gasteiger partial charge in [0, 0.05) is 13.6 Å². The van der Waals surface area contributed by atoms with Crippen LogP contribution in [-0.2, 0) is 12.4 Å². The van der Waals surface area contributed by atoms with Crippen LogP contribution < -0.4 is 4.90 Å². The molecule has 0 atom stereocenters. The van der Waals surface area contributed by atoms with Gasteiger partial charge in [-0.05, 0) is 22.4 Å². The first-order valence-corrected chi connectivity index (χ1v) is 6.00. The summed E-state index contributed by atoms with van der Waals surface area (Å²) in [6, 6.07) is 2.70. The SMILES string of the molecule is CN(Cc1ccsc1)c1nc(CCl)co1. The van der Waals surface area contributed by atoms with Gasteiger partial charge in [-0.1, -0.05) is 0 Å². The summed E-state index contributed by atoms with van der Waals surface area (Å²) in [4.78, 5) is 6.20. The maximum Gasteiger partial charge on any atom is 0.297 e. The number of nitrogens with zero attached hydrogens (tertiary/aromatic N) is 2. The van der Waals surface area contributed by atoms with Gasteiger partial charge in [0.1, 0.15) is 6.26 Å². The van der Waals surface area contributed by atoms with E-state index in [1.165, 1.54) is 5.56 Å². The van der Waals surface area contributed by atoms with Gasteiger partial charge in [-0.2, -0.15) is 16.3 Å². The summed E-state index contributed by atoms with van der Waals surface area (Å²) in [5, 5.41) is 4.17. The third kappa shape index (κ3) is 2.52. The molecule has 2 rings (SSSR count). The van der Waals surface area contributed by atoms with Crippen molar-refractivity contribution in [3.63, 3.8) is 0 Å². The Hall–Kier alpha value is -1.00. The van der Waals surface area contributed by atoms with Crippen molar-refractivity contribution in [3.8, 4) is 0 Å². The van der Waals surface area contributed by atoms with Gasteiger partial charge < -0.3 is 9.32 Å². The number of halogens is 1. The highest BCUT2D eigenvalue weighted by molar-refractivity contribution is 7.07. The summed E-state index contributed by atoms with van der Waals surface area (Å²) in [6.45, 7) is 0.797. The number of anilines is 1. The minimum atomic E-state index is 0.385. The smallest absolute Gasteiger partial charge is 0.297 e. The normalized spacial score (nSPS) is 10.5. The van der Waals surface area contributed by atoms with E-state index in [0.717, 1.165) is 12.2 Å². The molecule has 0 aliphatic heterocycles. The predicted molar refractivity (Wildman–Crippen MR) is 62.5 cm³/mol. The van der Waals surface area contributed by atoms with Gasteiger partial charge in [0.05, 0.1) is 11.6 Å². The highest BCUT2D eigenvalue weighted by Gasteiger charge is 2.08. The lowest BCUT2D eigenvalue weighted by Gasteiger charge is -2.12. The van der Waals surface area contributed by atoms with E-state index < -0.39 is 0 Å². The van der Waals surface area contributed by atoms with Gasteiger partial charge in [0.25, 0.3) is 6.01 Å². The van der Waals surface area contributed by atoms with Crippen molar-refractivity contribution in [2.24, 2.45) is 0 Å². The largest absolute Gasteiger partial charge is 0.432 e. The molecular weight excluding hydrogens is 232 g/mol. The first kappa shape index (κ1) is 10.5. The standard InChI is InChI=1S/C10H11ClN2OS/c1-13(5-8-2-3-15-7-8)10-12-9(4-11)6-14-10/h2-3,6-7H,4-5H2,1H3. The van der Waals surface area contributed by atoms with E-state index in [4.69, 9.17) is 16.0 Å². The number of thiophene rings is 1. The molecule has 0 bridgehead atoms. The van der Waals surface area contributed by atoms with Crippen LogP contribution in [0.1, 0.15) is 11.3 Å². The maximum atomic E-state index is 5.65. The second-order valence-electron chi connectivity index (χ2n) is 3.24. The van der Waals surface area contributed by atoms with Crippen LogP contribution in [0.4, 0.5) is 6.01 Å². The molecule has 0 fully saturated rings. The zero-order valence-electron chi connectivity index (χ0n) is 8.31. The third-order valence-corrected chi connectivity index (χ3v) is 3.01. The number of hydrogen-bond donors (Lipinski definition) is 0. The molecule has 3 nitrogen and oxygen atoms in total. The lowest BCUT2D eigenvalue weighted by Crippen LogP contribution is -2.16. The topological polar surface area (TPSA) is 29.3 Å². The quantitative estimate of drug-likeness (QED) is 0.772. The maximum absolute atomic E-state index is 5.65. The zero-order valence-corrected chi connectivity index (χ0v) is 9.88. The molecule has 15 heavy (non-hydrogen) atoms. The summed E-state index contributed by atoms with van der Waals surface area (Å²) in [6.07, 6.45) is 1.59. The second-order valence-corrected chi connectivity index (χ2v) is 4.29. The van der Waals surface area contributed by atoms with Crippen LogP contribution in [0, 0.1) is 0 Å². The molecule has 0 N–H and O–H groups in total. The fourth-order valence-corrected chi connectivity index (χ4v) is 2.04. The molecule has 0 spiro atoms. The van der Waals surface area contributed by atoms with E-state index in [0.29, 0.717) is 11.9 Å². The van der Waals surface area contributed by atoms with Crippen molar-refractivity contribution in [2.75, 3.05) is 11.9 Å². The van der Waals surface area contributed by atoms with Crippen LogP contribution in [0.25, 0.3) is 0 Å². The highest BCUT2D eigenvalue weighted by atomic mass is 35.5. The molecule has 0 aliphatic carbocycles. The second kappa shape index (κ2) is 4.68. The molecule has 0 radical (unpaired) electrons. The van der Waals surface area contributed by atoms with Gasteiger partial charge in [0.2, 0.25) is 0 Å². The minimum absolute atomic E-state index is 0.385. The molecule has 0 aliphatic rings. The highest BCUT2D eigenvalue weighted by Crippen LogP contribution is 2.16. The average molecular weight is 243 g/mol. The fourth-order valence-electron chi connectivity index (χ4n) is 1.26. The van der Waals surface area contributed by atoms with Crippen LogP contribution >= 0.6 is 22.9 Å². The van der Waals surface area contributed by atoms with Crippen LogP contribution in [0.3, 0.4) is 0 Å². The van der Waals surface area contributed by atoms with Crippen LogP contribution in [0.2, 0.25) is 0 Å². The van der Waals surface area contributed by atoms with E-state index in [-0.39, 0.29) is 0 Å². The minimum Gasteiger partial charge on any atom is -0.432 e. The van der Waals surface area contributed by atoms with E-state index in [1.807, 2.05) is 11.9 Å². The van der Waals surface area contributed by atoms with E-state index in [1.54, 1.807) is 17.6 Å². The Kier molecular flexibility index (Phi) is 3.28. The lowest BCUT2D eigenvalue weighted by molar-refractivity contribution is 0.544. The lowest BCUT2D eigenvalue weighted by atomic mass is 10.3.